The molecule has 3 aromatic rings. The molecule has 0 radical (unpaired) electrons. The van der Waals surface area contributed by atoms with Crippen molar-refractivity contribution in [3.05, 3.63) is 70.2 Å². The zero-order chi connectivity index (χ0) is 18.3. The lowest BCUT2D eigenvalue weighted by Crippen LogP contribution is -3.03. The van der Waals surface area contributed by atoms with E-state index >= 15 is 0 Å². The summed E-state index contributed by atoms with van der Waals surface area (Å²) in [5, 5.41) is 2.70. The largest absolute Gasteiger partial charge is 0.371 e. The molecule has 0 spiro atoms. The first-order valence-corrected chi connectivity index (χ1v) is 10.4. The molecule has 1 aliphatic rings. The lowest BCUT2D eigenvalue weighted by Gasteiger charge is -2.23. The first kappa shape index (κ1) is 17.8. The molecule has 0 saturated carbocycles. The number of anilines is 1. The van der Waals surface area contributed by atoms with Crippen LogP contribution in [0.3, 0.4) is 0 Å². The van der Waals surface area contributed by atoms with Gasteiger partial charge in [-0.3, -0.25) is 4.90 Å². The van der Waals surface area contributed by atoms with Crippen LogP contribution in [0.25, 0.3) is 10.8 Å². The third-order valence-corrected chi connectivity index (χ3v) is 6.38. The van der Waals surface area contributed by atoms with Crippen LogP contribution in [0.2, 0.25) is 0 Å². The van der Waals surface area contributed by atoms with Gasteiger partial charge in [-0.25, -0.2) is 0 Å². The van der Waals surface area contributed by atoms with Gasteiger partial charge in [-0.2, -0.15) is 0 Å². The van der Waals surface area contributed by atoms with Crippen molar-refractivity contribution in [2.24, 2.45) is 0 Å². The van der Waals surface area contributed by atoms with Gasteiger partial charge in [-0.15, -0.1) is 11.6 Å². The van der Waals surface area contributed by atoms with Crippen molar-refractivity contribution in [3.8, 4) is 0 Å². The van der Waals surface area contributed by atoms with E-state index in [1.54, 1.807) is 0 Å². The van der Waals surface area contributed by atoms with E-state index < -0.39 is 0 Å². The highest BCUT2D eigenvalue weighted by Crippen LogP contribution is 2.39. The second kappa shape index (κ2) is 7.22. The fourth-order valence-electron chi connectivity index (χ4n) is 4.24. The molecule has 134 valence electrons. The molecule has 4 heteroatoms. The van der Waals surface area contributed by atoms with E-state index in [4.69, 9.17) is 11.6 Å². The molecule has 1 aliphatic heterocycles. The van der Waals surface area contributed by atoms with Crippen LogP contribution in [0.4, 0.5) is 11.4 Å². The quantitative estimate of drug-likeness (QED) is 0.565. The van der Waals surface area contributed by atoms with Crippen LogP contribution >= 0.6 is 27.5 Å². The number of quaternary nitrogens is 1. The molecule has 2 unspecified atom stereocenters. The number of halogens is 2. The Bertz CT molecular complexity index is 939. The Balaban J connectivity index is 1.75. The minimum atomic E-state index is 0.333. The zero-order valence-electron chi connectivity index (χ0n) is 15.1. The highest BCUT2D eigenvalue weighted by atomic mass is 79.9. The Kier molecular flexibility index (Phi) is 4.96. The van der Waals surface area contributed by atoms with Gasteiger partial charge in [0.25, 0.3) is 0 Å². The van der Waals surface area contributed by atoms with Gasteiger partial charge in [0.05, 0.1) is 12.4 Å². The topological polar surface area (TPSA) is 7.68 Å². The predicted molar refractivity (Wildman–Crippen MR) is 115 cm³/mol. The van der Waals surface area contributed by atoms with Gasteiger partial charge in [0.1, 0.15) is 11.7 Å². The van der Waals surface area contributed by atoms with Crippen LogP contribution in [0, 0.1) is 0 Å². The van der Waals surface area contributed by atoms with Crippen molar-refractivity contribution in [1.82, 2.24) is 0 Å². The van der Waals surface area contributed by atoms with Crippen LogP contribution in [-0.2, 0) is 0 Å². The first-order valence-electron chi connectivity index (χ1n) is 9.11. The third-order valence-electron chi connectivity index (χ3n) is 5.52. The van der Waals surface area contributed by atoms with E-state index in [2.05, 4.69) is 89.4 Å². The number of benzene rings is 3. The van der Waals surface area contributed by atoms with E-state index in [9.17, 15) is 0 Å². The van der Waals surface area contributed by atoms with Crippen LogP contribution in [0.15, 0.2) is 59.1 Å². The van der Waals surface area contributed by atoms with E-state index in [1.165, 1.54) is 42.6 Å². The van der Waals surface area contributed by atoms with Crippen LogP contribution in [0.1, 0.15) is 24.1 Å². The van der Waals surface area contributed by atoms with Gasteiger partial charge in [-0.05, 0) is 25.1 Å². The number of alkyl halides is 1. The van der Waals surface area contributed by atoms with Gasteiger partial charge in [0.2, 0.25) is 0 Å². The second-order valence-electron chi connectivity index (χ2n) is 6.84. The summed E-state index contributed by atoms with van der Waals surface area (Å²) in [6, 6.07) is 20.4. The molecule has 0 bridgehead atoms. The molecule has 1 N–H and O–H groups in total. The van der Waals surface area contributed by atoms with E-state index in [0.717, 1.165) is 13.1 Å². The Morgan fingerprint density at radius 2 is 1.85 bits per heavy atom. The minimum absolute atomic E-state index is 0.333. The summed E-state index contributed by atoms with van der Waals surface area (Å²) < 4.78 is 1.17. The standard InChI is InChI=1S/C22H22BrClN2/c1-3-26(14-13-24)16-9-7-15(8-10-16)22-18-6-4-5-17-19(23)11-12-20(21(17)18)25(22)2/h4-12,22H,3,13-14H2,1-2H3/p+1. The Hall–Kier alpha value is -1.55. The Labute approximate surface area is 168 Å². The average Bonchev–Trinajstić information content (AvgIpc) is 2.96. The smallest absolute Gasteiger partial charge is 0.144 e. The molecule has 0 fully saturated rings. The average molecular weight is 431 g/mol. The fraction of sp³-hybridized carbons (Fsp3) is 0.273. The molecular weight excluding hydrogens is 408 g/mol. The second-order valence-corrected chi connectivity index (χ2v) is 8.07. The van der Waals surface area contributed by atoms with Gasteiger partial charge in [0.15, 0.2) is 0 Å². The number of hydrogen-bond donors (Lipinski definition) is 1. The molecule has 2 nitrogen and oxygen atoms in total. The molecule has 2 atom stereocenters. The number of nitrogens with one attached hydrogen (secondary N) is 1. The summed E-state index contributed by atoms with van der Waals surface area (Å²) >= 11 is 9.65. The maximum atomic E-state index is 5.94. The van der Waals surface area contributed by atoms with Gasteiger partial charge < -0.3 is 4.90 Å². The molecule has 0 saturated heterocycles. The lowest BCUT2D eigenvalue weighted by molar-refractivity contribution is -0.833. The zero-order valence-corrected chi connectivity index (χ0v) is 17.4. The third kappa shape index (κ3) is 2.83. The van der Waals surface area contributed by atoms with Gasteiger partial charge >= 0.3 is 0 Å². The Morgan fingerprint density at radius 1 is 1.08 bits per heavy atom. The van der Waals surface area contributed by atoms with E-state index in [1.807, 2.05) is 0 Å². The molecule has 26 heavy (non-hydrogen) atoms. The number of nitrogens with zero attached hydrogens (tertiary/aromatic N) is 1. The van der Waals surface area contributed by atoms with Crippen molar-refractivity contribution >= 4 is 49.7 Å². The van der Waals surface area contributed by atoms with Crippen LogP contribution < -0.4 is 9.80 Å². The van der Waals surface area contributed by atoms with Crippen LogP contribution in [-0.4, -0.2) is 26.0 Å². The van der Waals surface area contributed by atoms with Crippen molar-refractivity contribution in [1.29, 1.82) is 0 Å². The molecule has 0 amide bonds. The summed E-state index contributed by atoms with van der Waals surface area (Å²) in [5.74, 6) is 0.650. The summed E-state index contributed by atoms with van der Waals surface area (Å²) in [5.41, 5.74) is 5.39. The van der Waals surface area contributed by atoms with Crippen molar-refractivity contribution in [3.63, 3.8) is 0 Å². The maximum absolute atomic E-state index is 5.94. The molecule has 4 rings (SSSR count). The molecule has 0 aliphatic carbocycles. The SMILES string of the molecule is CCN(CCCl)c1ccc(C2c3cccc4c(Br)ccc(c34)[NH+]2C)cc1. The van der Waals surface area contributed by atoms with Gasteiger partial charge in [-0.1, -0.05) is 46.3 Å². The number of rotatable bonds is 5. The monoisotopic (exact) mass is 429 g/mol. The van der Waals surface area contributed by atoms with E-state index in [0.29, 0.717) is 11.9 Å². The highest BCUT2D eigenvalue weighted by Gasteiger charge is 2.35. The van der Waals surface area contributed by atoms with Crippen LogP contribution in [0.5, 0.6) is 0 Å². The summed E-state index contributed by atoms with van der Waals surface area (Å²) in [6.45, 7) is 4.02. The summed E-state index contributed by atoms with van der Waals surface area (Å²) in [7, 11) is 2.27. The molecular formula is C22H23BrClN2+. The molecule has 1 heterocycles. The van der Waals surface area contributed by atoms with Crippen molar-refractivity contribution in [2.75, 3.05) is 30.9 Å². The molecule has 0 aromatic heterocycles. The maximum Gasteiger partial charge on any atom is 0.144 e. The minimum Gasteiger partial charge on any atom is -0.371 e. The highest BCUT2D eigenvalue weighted by molar-refractivity contribution is 9.10. The Morgan fingerprint density at radius 3 is 2.54 bits per heavy atom. The van der Waals surface area contributed by atoms with Gasteiger partial charge in [0, 0.05) is 51.7 Å². The van der Waals surface area contributed by atoms with Crippen molar-refractivity contribution in [2.45, 2.75) is 13.0 Å². The predicted octanol–water partition coefficient (Wildman–Crippen LogP) is 4.92. The first-order chi connectivity index (χ1) is 12.7. The summed E-state index contributed by atoms with van der Waals surface area (Å²) in [6.07, 6.45) is 0. The fourth-order valence-corrected chi connectivity index (χ4v) is 4.90. The normalized spacial score (nSPS) is 18.5. The number of hydrogen-bond acceptors (Lipinski definition) is 1. The summed E-state index contributed by atoms with van der Waals surface area (Å²) in [4.78, 5) is 3.75. The molecule has 3 aromatic carbocycles. The van der Waals surface area contributed by atoms with Crippen molar-refractivity contribution < 1.29 is 4.90 Å². The lowest BCUT2D eigenvalue weighted by atomic mass is 9.96. The van der Waals surface area contributed by atoms with E-state index in [-0.39, 0.29) is 0 Å².